The Kier molecular flexibility index (Phi) is 6.68. The third kappa shape index (κ3) is 4.93. The van der Waals surface area contributed by atoms with Crippen LogP contribution in [0.3, 0.4) is 0 Å². The van der Waals surface area contributed by atoms with Crippen molar-refractivity contribution in [3.63, 3.8) is 0 Å². The van der Waals surface area contributed by atoms with E-state index in [0.29, 0.717) is 21.2 Å². The predicted octanol–water partition coefficient (Wildman–Crippen LogP) is 6.13. The van der Waals surface area contributed by atoms with Crippen LogP contribution in [-0.4, -0.2) is 30.9 Å². The summed E-state index contributed by atoms with van der Waals surface area (Å²) in [6.45, 7) is 5.38. The molecule has 2 aromatic carbocycles. The number of thiazole rings is 1. The average molecular weight is 530 g/mol. The molecular weight excluding hydrogens is 497 g/mol. The van der Waals surface area contributed by atoms with E-state index in [4.69, 9.17) is 0 Å². The number of fused-ring (bicyclic) bond motifs is 1. The van der Waals surface area contributed by atoms with Crippen LogP contribution < -0.4 is 10.0 Å². The van der Waals surface area contributed by atoms with Gasteiger partial charge in [-0.15, -0.1) is 11.3 Å². The van der Waals surface area contributed by atoms with E-state index in [1.807, 2.05) is 12.1 Å². The van der Waals surface area contributed by atoms with E-state index in [9.17, 15) is 13.2 Å². The number of hydrogen-bond donors (Lipinski definition) is 2. The Hall–Kier alpha value is -2.36. The maximum absolute atomic E-state index is 15.7. The first-order chi connectivity index (χ1) is 17.0. The molecule has 2 aliphatic carbocycles. The lowest BCUT2D eigenvalue weighted by Gasteiger charge is -2.28. The highest BCUT2D eigenvalue weighted by Gasteiger charge is 2.35. The topological polar surface area (TPSA) is 88.2 Å². The summed E-state index contributed by atoms with van der Waals surface area (Å²) < 4.78 is 44.9. The van der Waals surface area contributed by atoms with Gasteiger partial charge in [-0.1, -0.05) is 36.8 Å². The van der Waals surface area contributed by atoms with Gasteiger partial charge in [0.05, 0.1) is 15.5 Å². The Bertz CT molecular complexity index is 1400. The highest BCUT2D eigenvalue weighted by Crippen LogP contribution is 2.46. The number of amides is 1. The summed E-state index contributed by atoms with van der Waals surface area (Å²) in [5.41, 5.74) is 0.339. The minimum absolute atomic E-state index is 0.102. The minimum Gasteiger partial charge on any atom is -0.347 e. The summed E-state index contributed by atoms with van der Waals surface area (Å²) in [5.74, 6) is -0.369. The first kappa shape index (κ1) is 25.3. The molecule has 36 heavy (non-hydrogen) atoms. The second kappa shape index (κ2) is 9.50. The second-order valence-electron chi connectivity index (χ2n) is 10.9. The number of halogens is 1. The van der Waals surface area contributed by atoms with E-state index >= 15 is 4.39 Å². The van der Waals surface area contributed by atoms with Crippen molar-refractivity contribution in [2.45, 2.75) is 81.9 Å². The normalized spacial score (nSPS) is 18.0. The van der Waals surface area contributed by atoms with E-state index < -0.39 is 21.7 Å². The van der Waals surface area contributed by atoms with Crippen molar-refractivity contribution in [2.75, 3.05) is 0 Å². The third-order valence-corrected chi connectivity index (χ3v) is 9.89. The van der Waals surface area contributed by atoms with Crippen LogP contribution in [0.5, 0.6) is 0 Å². The number of rotatable bonds is 7. The second-order valence-corrected chi connectivity index (χ2v) is 13.6. The van der Waals surface area contributed by atoms with Gasteiger partial charge in [0, 0.05) is 22.5 Å². The number of hydrogen-bond acceptors (Lipinski definition) is 5. The monoisotopic (exact) mass is 529 g/mol. The zero-order valence-corrected chi connectivity index (χ0v) is 22.4. The quantitative estimate of drug-likeness (QED) is 0.385. The summed E-state index contributed by atoms with van der Waals surface area (Å²) in [4.78, 5) is 18.2. The highest BCUT2D eigenvalue weighted by molar-refractivity contribution is 7.89. The average Bonchev–Trinajstić information content (AvgIpc) is 3.18. The number of aromatic nitrogens is 1. The maximum atomic E-state index is 15.7. The third-order valence-electron chi connectivity index (χ3n) is 6.97. The molecule has 0 spiro atoms. The lowest BCUT2D eigenvalue weighted by atomic mass is 9.80. The van der Waals surface area contributed by atoms with Crippen LogP contribution in [0.4, 0.5) is 4.39 Å². The molecule has 1 amide bonds. The van der Waals surface area contributed by atoms with Crippen LogP contribution in [-0.2, 0) is 10.0 Å². The molecule has 1 heterocycles. The van der Waals surface area contributed by atoms with E-state index in [-0.39, 0.29) is 33.5 Å². The Balaban J connectivity index is 1.62. The zero-order chi connectivity index (χ0) is 25.7. The predicted molar refractivity (Wildman–Crippen MR) is 141 cm³/mol. The maximum Gasteiger partial charge on any atom is 0.280 e. The van der Waals surface area contributed by atoms with Crippen molar-refractivity contribution in [3.05, 3.63) is 47.1 Å². The van der Waals surface area contributed by atoms with Crippen molar-refractivity contribution < 1.29 is 17.6 Å². The van der Waals surface area contributed by atoms with E-state index in [1.54, 1.807) is 45.0 Å². The highest BCUT2D eigenvalue weighted by atomic mass is 32.2. The standard InChI is InChI=1S/C27H32FN3O3S2/c1-27(2,3)31-36(33,34)21-15-14-20(18-12-4-5-13-19(18)21)24-23(22(28)16-8-6-9-16)30-26(35-24)25(32)29-17-10-7-11-17/h4-5,12-17,22,31H,6-11H2,1-3H3,(H,29,32). The van der Waals surface area contributed by atoms with Gasteiger partial charge in [-0.3, -0.25) is 4.79 Å². The summed E-state index contributed by atoms with van der Waals surface area (Å²) in [6.07, 6.45) is 4.34. The number of carbonyl (C=O) groups excluding carboxylic acids is 1. The van der Waals surface area contributed by atoms with Gasteiger partial charge in [-0.2, -0.15) is 0 Å². The molecule has 1 atom stereocenters. The molecule has 5 rings (SSSR count). The summed E-state index contributed by atoms with van der Waals surface area (Å²) in [6, 6.07) is 10.7. The molecule has 0 bridgehead atoms. The fraction of sp³-hybridized carbons (Fsp3) is 0.481. The lowest BCUT2D eigenvalue weighted by molar-refractivity contribution is 0.0915. The van der Waals surface area contributed by atoms with Crippen molar-refractivity contribution >= 4 is 38.0 Å². The summed E-state index contributed by atoms with van der Waals surface area (Å²) in [5, 5.41) is 4.49. The molecule has 2 N–H and O–H groups in total. The Morgan fingerprint density at radius 2 is 1.72 bits per heavy atom. The minimum atomic E-state index is -3.80. The van der Waals surface area contributed by atoms with Crippen molar-refractivity contribution in [1.82, 2.24) is 15.0 Å². The van der Waals surface area contributed by atoms with Crippen LogP contribution in [0.2, 0.25) is 0 Å². The van der Waals surface area contributed by atoms with Gasteiger partial charge in [0.25, 0.3) is 5.91 Å². The van der Waals surface area contributed by atoms with Gasteiger partial charge >= 0.3 is 0 Å². The van der Waals surface area contributed by atoms with Gasteiger partial charge in [-0.25, -0.2) is 22.5 Å². The molecule has 192 valence electrons. The van der Waals surface area contributed by atoms with Crippen molar-refractivity contribution in [2.24, 2.45) is 5.92 Å². The van der Waals surface area contributed by atoms with Crippen LogP contribution in [0.25, 0.3) is 21.2 Å². The number of nitrogens with one attached hydrogen (secondary N) is 2. The van der Waals surface area contributed by atoms with Gasteiger partial charge < -0.3 is 5.32 Å². The van der Waals surface area contributed by atoms with E-state index in [0.717, 1.165) is 38.5 Å². The van der Waals surface area contributed by atoms with Gasteiger partial charge in [0.1, 0.15) is 6.17 Å². The van der Waals surface area contributed by atoms with Gasteiger partial charge in [0.2, 0.25) is 10.0 Å². The fourth-order valence-corrected chi connectivity index (χ4v) is 7.40. The Labute approximate surface area is 215 Å². The number of nitrogens with zero attached hydrogens (tertiary/aromatic N) is 1. The molecule has 1 unspecified atom stereocenters. The molecular formula is C27H32FN3O3S2. The Morgan fingerprint density at radius 3 is 2.31 bits per heavy atom. The Morgan fingerprint density at radius 1 is 1.06 bits per heavy atom. The molecule has 1 aromatic heterocycles. The molecule has 2 fully saturated rings. The van der Waals surface area contributed by atoms with Crippen LogP contribution in [0.1, 0.15) is 81.0 Å². The number of benzene rings is 2. The summed E-state index contributed by atoms with van der Waals surface area (Å²) >= 11 is 1.19. The molecule has 2 saturated carbocycles. The molecule has 0 aliphatic heterocycles. The van der Waals surface area contributed by atoms with Crippen LogP contribution in [0.15, 0.2) is 41.3 Å². The fourth-order valence-electron chi connectivity index (χ4n) is 4.73. The number of carbonyl (C=O) groups is 1. The molecule has 3 aromatic rings. The summed E-state index contributed by atoms with van der Waals surface area (Å²) in [7, 11) is -3.80. The molecule has 0 radical (unpaired) electrons. The lowest BCUT2D eigenvalue weighted by Crippen LogP contribution is -2.40. The smallest absolute Gasteiger partial charge is 0.280 e. The van der Waals surface area contributed by atoms with Gasteiger partial charge in [-0.05, 0) is 70.2 Å². The molecule has 0 saturated heterocycles. The molecule has 6 nitrogen and oxygen atoms in total. The van der Waals surface area contributed by atoms with Crippen LogP contribution in [0, 0.1) is 5.92 Å². The van der Waals surface area contributed by atoms with Crippen molar-refractivity contribution in [3.8, 4) is 10.4 Å². The van der Waals surface area contributed by atoms with E-state index in [2.05, 4.69) is 15.0 Å². The molecule has 9 heteroatoms. The van der Waals surface area contributed by atoms with E-state index in [1.165, 1.54) is 11.3 Å². The largest absolute Gasteiger partial charge is 0.347 e. The first-order valence-electron chi connectivity index (χ1n) is 12.6. The number of alkyl halides is 1. The van der Waals surface area contributed by atoms with Crippen LogP contribution >= 0.6 is 11.3 Å². The SMILES string of the molecule is CC(C)(C)NS(=O)(=O)c1ccc(-c2sc(C(=O)NC3CCC3)nc2C(F)C2CCC2)c2ccccc12. The number of sulfonamides is 1. The van der Waals surface area contributed by atoms with Crippen molar-refractivity contribution in [1.29, 1.82) is 0 Å². The zero-order valence-electron chi connectivity index (χ0n) is 20.8. The van der Waals surface area contributed by atoms with Gasteiger partial charge in [0.15, 0.2) is 5.01 Å². The molecule has 2 aliphatic rings. The first-order valence-corrected chi connectivity index (χ1v) is 14.9.